The minimum atomic E-state index is -0.510. The summed E-state index contributed by atoms with van der Waals surface area (Å²) in [7, 11) is 1.63. The van der Waals surface area contributed by atoms with Gasteiger partial charge in [-0.05, 0) is 66.2 Å². The van der Waals surface area contributed by atoms with Crippen molar-refractivity contribution in [2.45, 2.75) is 10.1 Å². The van der Waals surface area contributed by atoms with E-state index in [2.05, 4.69) is 15.6 Å². The zero-order valence-corrected chi connectivity index (χ0v) is 23.8. The van der Waals surface area contributed by atoms with Crippen LogP contribution in [0.5, 0.6) is 11.5 Å². The Balaban J connectivity index is 1.23. The molecular weight excluding hydrogens is 555 g/mol. The van der Waals surface area contributed by atoms with E-state index in [-0.39, 0.29) is 18.4 Å². The Bertz CT molecular complexity index is 1580. The van der Waals surface area contributed by atoms with Gasteiger partial charge >= 0.3 is 0 Å². The quantitative estimate of drug-likeness (QED) is 0.159. The number of carbonyl (C=O) groups excluding carboxylic acids is 2. The number of benzene rings is 4. The van der Waals surface area contributed by atoms with Crippen molar-refractivity contribution in [2.75, 3.05) is 24.4 Å². The molecule has 0 bridgehead atoms. The number of nitrogens with zero attached hydrogens (tertiary/aromatic N) is 1. The van der Waals surface area contributed by atoms with Crippen molar-refractivity contribution in [1.82, 2.24) is 4.98 Å². The molecule has 5 aromatic rings. The third-order valence-electron chi connectivity index (χ3n) is 5.97. The summed E-state index contributed by atoms with van der Waals surface area (Å²) in [5.41, 5.74) is 3.24. The lowest BCUT2D eigenvalue weighted by Crippen LogP contribution is -2.20. The van der Waals surface area contributed by atoms with E-state index in [1.807, 2.05) is 102 Å². The molecule has 0 saturated carbocycles. The number of aromatic nitrogens is 1. The normalized spacial score (nSPS) is 11.3. The molecule has 206 valence electrons. The maximum atomic E-state index is 13.5. The number of anilines is 2. The molecule has 0 aliphatic heterocycles. The van der Waals surface area contributed by atoms with Crippen LogP contribution in [0.25, 0.3) is 11.3 Å². The Hall–Kier alpha value is -4.60. The number of ether oxygens (including phenoxy) is 2. The Morgan fingerprint density at radius 2 is 1.51 bits per heavy atom. The number of thiazole rings is 1. The van der Waals surface area contributed by atoms with Crippen molar-refractivity contribution < 1.29 is 19.1 Å². The largest absolute Gasteiger partial charge is 0.497 e. The third-order valence-corrected chi connectivity index (χ3v) is 7.99. The zero-order valence-electron chi connectivity index (χ0n) is 22.2. The maximum absolute atomic E-state index is 13.5. The predicted octanol–water partition coefficient (Wildman–Crippen LogP) is 7.31. The van der Waals surface area contributed by atoms with Gasteiger partial charge in [0, 0.05) is 21.5 Å². The van der Waals surface area contributed by atoms with E-state index < -0.39 is 5.25 Å². The molecule has 2 amide bonds. The van der Waals surface area contributed by atoms with Crippen LogP contribution < -0.4 is 20.1 Å². The molecule has 1 unspecified atom stereocenters. The van der Waals surface area contributed by atoms with E-state index in [0.717, 1.165) is 27.5 Å². The Morgan fingerprint density at radius 1 is 0.829 bits per heavy atom. The van der Waals surface area contributed by atoms with Crippen molar-refractivity contribution in [3.63, 3.8) is 0 Å². The molecule has 41 heavy (non-hydrogen) atoms. The molecule has 5 rings (SSSR count). The lowest BCUT2D eigenvalue weighted by Gasteiger charge is -2.16. The second-order valence-corrected chi connectivity index (χ2v) is 10.9. The summed E-state index contributed by atoms with van der Waals surface area (Å²) >= 11 is 2.80. The summed E-state index contributed by atoms with van der Waals surface area (Å²) in [5, 5.41) is 7.76. The van der Waals surface area contributed by atoms with Gasteiger partial charge in [0.25, 0.3) is 5.91 Å². The smallest absolute Gasteiger partial charge is 0.262 e. The summed E-state index contributed by atoms with van der Waals surface area (Å²) in [6, 6.07) is 33.8. The highest BCUT2D eigenvalue weighted by Crippen LogP contribution is 2.37. The average molecular weight is 582 g/mol. The molecule has 0 aliphatic carbocycles. The number of hydrogen-bond donors (Lipinski definition) is 2. The number of nitrogens with one attached hydrogen (secondary N) is 2. The SMILES string of the molecule is COc1ccc(-c2csc(NC(=O)C(Sc3ccc(NC(=O)COc4ccccc4)cc3)c3ccccc3)n2)cc1. The van der Waals surface area contributed by atoms with Crippen molar-refractivity contribution in [2.24, 2.45) is 0 Å². The van der Waals surface area contributed by atoms with Gasteiger partial charge in [-0.3, -0.25) is 9.59 Å². The first kappa shape index (κ1) is 27.9. The van der Waals surface area contributed by atoms with Crippen LogP contribution >= 0.6 is 23.1 Å². The molecule has 0 fully saturated rings. The molecular formula is C32H27N3O4S2. The first-order valence-electron chi connectivity index (χ1n) is 12.8. The first-order valence-corrected chi connectivity index (χ1v) is 14.5. The summed E-state index contributed by atoms with van der Waals surface area (Å²) in [6.45, 7) is -0.0896. The molecule has 9 heteroatoms. The second kappa shape index (κ2) is 13.6. The van der Waals surface area contributed by atoms with E-state index >= 15 is 0 Å². The molecule has 0 spiro atoms. The van der Waals surface area contributed by atoms with Crippen LogP contribution in [-0.2, 0) is 9.59 Å². The minimum Gasteiger partial charge on any atom is -0.497 e. The number of methoxy groups -OCH3 is 1. The highest BCUT2D eigenvalue weighted by molar-refractivity contribution is 8.00. The minimum absolute atomic E-state index is 0.0896. The van der Waals surface area contributed by atoms with Crippen LogP contribution in [0.3, 0.4) is 0 Å². The molecule has 0 aliphatic rings. The molecule has 2 N–H and O–H groups in total. The van der Waals surface area contributed by atoms with Gasteiger partial charge in [-0.15, -0.1) is 23.1 Å². The van der Waals surface area contributed by atoms with Crippen molar-refractivity contribution >= 4 is 45.7 Å². The fourth-order valence-electron chi connectivity index (χ4n) is 3.91. The fourth-order valence-corrected chi connectivity index (χ4v) is 5.66. The van der Waals surface area contributed by atoms with Gasteiger partial charge in [0.05, 0.1) is 12.8 Å². The zero-order chi connectivity index (χ0) is 28.4. The topological polar surface area (TPSA) is 89.6 Å². The number of hydrogen-bond acceptors (Lipinski definition) is 7. The van der Waals surface area contributed by atoms with Crippen LogP contribution in [0, 0.1) is 0 Å². The van der Waals surface area contributed by atoms with Crippen LogP contribution in [-0.4, -0.2) is 30.5 Å². The standard InChI is InChI=1S/C32H27N3O4S2/c1-38-25-16-12-22(13-17-25)28-21-40-32(34-28)35-31(37)30(23-8-4-2-5-9-23)41-27-18-14-24(15-19-27)33-29(36)20-39-26-10-6-3-7-11-26/h2-19,21,30H,20H2,1H3,(H,33,36)(H,34,35,37). The molecule has 1 aromatic heterocycles. The maximum Gasteiger partial charge on any atom is 0.262 e. The van der Waals surface area contributed by atoms with Gasteiger partial charge in [-0.2, -0.15) is 0 Å². The predicted molar refractivity (Wildman–Crippen MR) is 165 cm³/mol. The summed E-state index contributed by atoms with van der Waals surface area (Å²) < 4.78 is 10.7. The summed E-state index contributed by atoms with van der Waals surface area (Å²) in [4.78, 5) is 31.3. The molecule has 1 atom stereocenters. The second-order valence-electron chi connectivity index (χ2n) is 8.84. The van der Waals surface area contributed by atoms with Crippen LogP contribution in [0.2, 0.25) is 0 Å². The molecule has 4 aromatic carbocycles. The Labute approximate surface area is 246 Å². The van der Waals surface area contributed by atoms with Crippen molar-refractivity contribution in [3.05, 3.63) is 120 Å². The van der Waals surface area contributed by atoms with E-state index in [4.69, 9.17) is 9.47 Å². The number of rotatable bonds is 11. The number of thioether (sulfide) groups is 1. The Kier molecular flexibility index (Phi) is 9.30. The van der Waals surface area contributed by atoms with Gasteiger partial charge < -0.3 is 20.1 Å². The van der Waals surface area contributed by atoms with Gasteiger partial charge in [-0.25, -0.2) is 4.98 Å². The van der Waals surface area contributed by atoms with E-state index in [9.17, 15) is 9.59 Å². The molecule has 1 heterocycles. The van der Waals surface area contributed by atoms with E-state index in [1.54, 1.807) is 19.2 Å². The number of carbonyl (C=O) groups is 2. The van der Waals surface area contributed by atoms with Gasteiger partial charge in [0.2, 0.25) is 5.91 Å². The first-order chi connectivity index (χ1) is 20.1. The number of amides is 2. The molecule has 0 saturated heterocycles. The lowest BCUT2D eigenvalue weighted by atomic mass is 10.1. The monoisotopic (exact) mass is 581 g/mol. The van der Waals surface area contributed by atoms with Crippen LogP contribution in [0.1, 0.15) is 10.8 Å². The Morgan fingerprint density at radius 3 is 2.20 bits per heavy atom. The highest BCUT2D eigenvalue weighted by atomic mass is 32.2. The fraction of sp³-hybridized carbons (Fsp3) is 0.0938. The summed E-state index contributed by atoms with van der Waals surface area (Å²) in [5.74, 6) is 0.975. The van der Waals surface area contributed by atoms with Crippen molar-refractivity contribution in [3.8, 4) is 22.8 Å². The van der Waals surface area contributed by atoms with Gasteiger partial charge in [0.15, 0.2) is 11.7 Å². The van der Waals surface area contributed by atoms with Gasteiger partial charge in [0.1, 0.15) is 16.7 Å². The average Bonchev–Trinajstić information content (AvgIpc) is 3.49. The van der Waals surface area contributed by atoms with Crippen LogP contribution in [0.4, 0.5) is 10.8 Å². The molecule has 7 nitrogen and oxygen atoms in total. The van der Waals surface area contributed by atoms with Gasteiger partial charge in [-0.1, -0.05) is 48.5 Å². The third kappa shape index (κ3) is 7.75. The van der Waals surface area contributed by atoms with Crippen LogP contribution in [0.15, 0.2) is 119 Å². The summed E-state index contributed by atoms with van der Waals surface area (Å²) in [6.07, 6.45) is 0. The highest BCUT2D eigenvalue weighted by Gasteiger charge is 2.23. The van der Waals surface area contributed by atoms with Crippen molar-refractivity contribution in [1.29, 1.82) is 0 Å². The number of para-hydroxylation sites is 1. The van der Waals surface area contributed by atoms with E-state index in [1.165, 1.54) is 23.1 Å². The molecule has 0 radical (unpaired) electrons. The van der Waals surface area contributed by atoms with E-state index in [0.29, 0.717) is 16.6 Å². The lowest BCUT2D eigenvalue weighted by molar-refractivity contribution is -0.118.